The Morgan fingerprint density at radius 1 is 1.36 bits per heavy atom. The second kappa shape index (κ2) is 5.42. The summed E-state index contributed by atoms with van der Waals surface area (Å²) in [7, 11) is 1.66. The van der Waals surface area contributed by atoms with E-state index in [1.54, 1.807) is 13.2 Å². The van der Waals surface area contributed by atoms with Crippen LogP contribution >= 0.6 is 0 Å². The summed E-state index contributed by atoms with van der Waals surface area (Å²) in [6.45, 7) is 3.66. The number of benzene rings is 1. The summed E-state index contributed by atoms with van der Waals surface area (Å²) < 4.78 is 5.06. The van der Waals surface area contributed by atoms with Crippen LogP contribution in [-0.4, -0.2) is 36.7 Å². The fraction of sp³-hybridized carbons (Fsp3) is 0.111. The summed E-state index contributed by atoms with van der Waals surface area (Å²) in [5, 5.41) is 0. The van der Waals surface area contributed by atoms with Crippen molar-refractivity contribution < 1.29 is 4.74 Å². The van der Waals surface area contributed by atoms with E-state index in [0.717, 1.165) is 11.3 Å². The molecule has 0 spiro atoms. The first-order chi connectivity index (χ1) is 4.88. The van der Waals surface area contributed by atoms with Crippen molar-refractivity contribution in [3.05, 3.63) is 36.4 Å². The van der Waals surface area contributed by atoms with Crippen LogP contribution < -0.4 is 4.74 Å². The van der Waals surface area contributed by atoms with E-state index in [2.05, 4.69) is 6.58 Å². The van der Waals surface area contributed by atoms with Gasteiger partial charge in [0.2, 0.25) is 0 Å². The van der Waals surface area contributed by atoms with Gasteiger partial charge in [-0.1, -0.05) is 30.9 Å². The molecule has 0 saturated heterocycles. The van der Waals surface area contributed by atoms with E-state index in [-0.39, 0.29) is 29.6 Å². The Morgan fingerprint density at radius 2 is 2.00 bits per heavy atom. The van der Waals surface area contributed by atoms with Crippen molar-refractivity contribution in [3.63, 3.8) is 0 Å². The van der Waals surface area contributed by atoms with Crippen LogP contribution in [0, 0.1) is 0 Å². The van der Waals surface area contributed by atoms with Gasteiger partial charge in [0.1, 0.15) is 5.75 Å². The summed E-state index contributed by atoms with van der Waals surface area (Å²) in [4.78, 5) is 0. The predicted molar refractivity (Wildman–Crippen MR) is 50.2 cm³/mol. The molecule has 11 heavy (non-hydrogen) atoms. The van der Waals surface area contributed by atoms with Gasteiger partial charge in [0.25, 0.3) is 0 Å². The molecule has 1 nitrogen and oxygen atoms in total. The molecule has 1 aromatic rings. The van der Waals surface area contributed by atoms with Crippen LogP contribution in [0.15, 0.2) is 30.8 Å². The van der Waals surface area contributed by atoms with Crippen LogP contribution in [0.5, 0.6) is 5.75 Å². The van der Waals surface area contributed by atoms with E-state index < -0.39 is 0 Å². The number of methoxy groups -OCH3 is 1. The molecule has 1 aromatic carbocycles. The van der Waals surface area contributed by atoms with Crippen LogP contribution in [0.25, 0.3) is 6.08 Å². The summed E-state index contributed by atoms with van der Waals surface area (Å²) in [5.74, 6) is 0.873. The zero-order chi connectivity index (χ0) is 7.40. The Kier molecular flexibility index (Phi) is 5.30. The molecule has 0 fully saturated rings. The van der Waals surface area contributed by atoms with E-state index in [9.17, 15) is 0 Å². The SMILES string of the molecule is C=Cc1ccccc1OC.[NaH]. The van der Waals surface area contributed by atoms with Crippen LogP contribution in [-0.2, 0) is 0 Å². The fourth-order valence-corrected chi connectivity index (χ4v) is 0.835. The van der Waals surface area contributed by atoms with Gasteiger partial charge in [-0.15, -0.1) is 0 Å². The topological polar surface area (TPSA) is 9.23 Å². The Balaban J connectivity index is 0.000001000. The number of ether oxygens (including phenoxy) is 1. The van der Waals surface area contributed by atoms with E-state index in [1.165, 1.54) is 0 Å². The molecule has 54 valence electrons. The third kappa shape index (κ3) is 2.70. The Bertz CT molecular complexity index is 233. The van der Waals surface area contributed by atoms with Gasteiger partial charge in [0, 0.05) is 5.56 Å². The molecule has 1 rings (SSSR count). The Morgan fingerprint density at radius 3 is 2.45 bits per heavy atom. The maximum atomic E-state index is 5.06. The number of hydrogen-bond acceptors (Lipinski definition) is 1. The molecule has 0 atom stereocenters. The van der Waals surface area contributed by atoms with Crippen LogP contribution in [0.4, 0.5) is 0 Å². The van der Waals surface area contributed by atoms with Crippen molar-refractivity contribution in [1.82, 2.24) is 0 Å². The van der Waals surface area contributed by atoms with Gasteiger partial charge in [-0.05, 0) is 6.07 Å². The van der Waals surface area contributed by atoms with Crippen molar-refractivity contribution >= 4 is 35.6 Å². The van der Waals surface area contributed by atoms with Crippen molar-refractivity contribution in [3.8, 4) is 5.75 Å². The molecule has 0 aliphatic carbocycles. The predicted octanol–water partition coefficient (Wildman–Crippen LogP) is 1.69. The molecular formula is C9H11NaO. The van der Waals surface area contributed by atoms with Gasteiger partial charge in [0.05, 0.1) is 7.11 Å². The molecule has 0 aliphatic rings. The molecular weight excluding hydrogens is 147 g/mol. The van der Waals surface area contributed by atoms with E-state index >= 15 is 0 Å². The number of hydrogen-bond donors (Lipinski definition) is 0. The average molecular weight is 158 g/mol. The zero-order valence-corrected chi connectivity index (χ0v) is 6.00. The van der Waals surface area contributed by atoms with E-state index in [4.69, 9.17) is 4.74 Å². The minimum absolute atomic E-state index is 0. The molecule has 0 aliphatic heterocycles. The Labute approximate surface area is 89.4 Å². The summed E-state index contributed by atoms with van der Waals surface area (Å²) in [5.41, 5.74) is 1.03. The average Bonchev–Trinajstić information content (AvgIpc) is 2.04. The fourth-order valence-electron chi connectivity index (χ4n) is 0.835. The summed E-state index contributed by atoms with van der Waals surface area (Å²) in [6, 6.07) is 7.77. The van der Waals surface area contributed by atoms with Crippen LogP contribution in [0.1, 0.15) is 5.56 Å². The molecule has 0 heterocycles. The normalized spacial score (nSPS) is 8.09. The van der Waals surface area contributed by atoms with Gasteiger partial charge in [-0.3, -0.25) is 0 Å². The van der Waals surface area contributed by atoms with Crippen LogP contribution in [0.2, 0.25) is 0 Å². The first kappa shape index (κ1) is 10.8. The number of para-hydroxylation sites is 1. The Hall–Kier alpha value is -0.240. The van der Waals surface area contributed by atoms with Gasteiger partial charge in [-0.2, -0.15) is 0 Å². The van der Waals surface area contributed by atoms with Gasteiger partial charge in [-0.25, -0.2) is 0 Å². The van der Waals surface area contributed by atoms with Crippen molar-refractivity contribution in [2.45, 2.75) is 0 Å². The number of rotatable bonds is 2. The van der Waals surface area contributed by atoms with Gasteiger partial charge < -0.3 is 4.74 Å². The minimum atomic E-state index is 0. The molecule has 0 bridgehead atoms. The van der Waals surface area contributed by atoms with Crippen molar-refractivity contribution in [1.29, 1.82) is 0 Å². The molecule has 2 heteroatoms. The zero-order valence-electron chi connectivity index (χ0n) is 6.00. The van der Waals surface area contributed by atoms with Gasteiger partial charge in [0.15, 0.2) is 0 Å². The van der Waals surface area contributed by atoms with Crippen molar-refractivity contribution in [2.75, 3.05) is 7.11 Å². The van der Waals surface area contributed by atoms with E-state index in [1.807, 2.05) is 24.3 Å². The second-order valence-electron chi connectivity index (χ2n) is 1.95. The van der Waals surface area contributed by atoms with E-state index in [0.29, 0.717) is 0 Å². The van der Waals surface area contributed by atoms with Gasteiger partial charge >= 0.3 is 29.6 Å². The quantitative estimate of drug-likeness (QED) is 0.595. The molecule has 0 aromatic heterocycles. The standard InChI is InChI=1S/C9H10O.Na.H/c1-3-8-6-4-5-7-9(8)10-2;;/h3-7H,1H2,2H3;;. The molecule has 0 saturated carbocycles. The monoisotopic (exact) mass is 158 g/mol. The third-order valence-electron chi connectivity index (χ3n) is 1.36. The second-order valence-corrected chi connectivity index (χ2v) is 1.95. The van der Waals surface area contributed by atoms with Crippen LogP contribution in [0.3, 0.4) is 0 Å². The first-order valence-corrected chi connectivity index (χ1v) is 3.14. The molecule has 0 unspecified atom stereocenters. The molecule has 0 N–H and O–H groups in total. The first-order valence-electron chi connectivity index (χ1n) is 3.14. The summed E-state index contributed by atoms with van der Waals surface area (Å²) >= 11 is 0. The van der Waals surface area contributed by atoms with Crippen molar-refractivity contribution in [2.24, 2.45) is 0 Å². The maximum absolute atomic E-state index is 5.06. The molecule has 0 amide bonds. The summed E-state index contributed by atoms with van der Waals surface area (Å²) in [6.07, 6.45) is 1.78. The third-order valence-corrected chi connectivity index (χ3v) is 1.36. The molecule has 0 radical (unpaired) electrons.